The molecule has 0 aliphatic carbocycles. The van der Waals surface area contributed by atoms with Crippen LogP contribution in [-0.4, -0.2) is 50.1 Å². The summed E-state index contributed by atoms with van der Waals surface area (Å²) in [5.74, 6) is -1.02. The highest BCUT2D eigenvalue weighted by atomic mass is 16.5. The van der Waals surface area contributed by atoms with Gasteiger partial charge >= 0.3 is 11.6 Å². The maximum atomic E-state index is 12.6. The van der Waals surface area contributed by atoms with Crippen LogP contribution in [0.4, 0.5) is 0 Å². The molecule has 2 heterocycles. The molecule has 0 fully saturated rings. The van der Waals surface area contributed by atoms with Gasteiger partial charge in [0.15, 0.2) is 0 Å². The molecular weight excluding hydrogens is 430 g/mol. The number of carbonyl (C=O) groups is 3. The molecule has 0 saturated heterocycles. The fraction of sp³-hybridized carbons (Fsp3) is 0.250. The van der Waals surface area contributed by atoms with Gasteiger partial charge in [0.2, 0.25) is 0 Å². The van der Waals surface area contributed by atoms with E-state index in [-0.39, 0.29) is 29.8 Å². The van der Waals surface area contributed by atoms with Crippen molar-refractivity contribution in [3.63, 3.8) is 0 Å². The Morgan fingerprint density at radius 2 is 1.76 bits per heavy atom. The number of amides is 2. The van der Waals surface area contributed by atoms with Crippen LogP contribution in [-0.2, 0) is 16.1 Å². The highest BCUT2D eigenvalue weighted by Crippen LogP contribution is 2.26. The van der Waals surface area contributed by atoms with Crippen LogP contribution in [0.5, 0.6) is 5.75 Å². The molecule has 4 rings (SSSR count). The molecule has 0 bridgehead atoms. The normalized spacial score (nSPS) is 12.8. The standard InChI is InChI=1S/C24H21NO8/c1-30-9-3-8-25-22(27)18-6-4-14(10-19(18)23(25)28)24(29)32-13-15-11-21(26)33-20-12-16(31-2)5-7-17(15)20/h4-7,10-12H,3,8-9,13H2,1-2H3. The molecular formula is C24H21NO8. The van der Waals surface area contributed by atoms with Crippen LogP contribution in [0.1, 0.15) is 43.1 Å². The van der Waals surface area contributed by atoms with E-state index >= 15 is 0 Å². The smallest absolute Gasteiger partial charge is 0.338 e. The molecule has 9 nitrogen and oxygen atoms in total. The van der Waals surface area contributed by atoms with E-state index in [1.807, 2.05) is 0 Å². The quantitative estimate of drug-likeness (QED) is 0.222. The first-order valence-electron chi connectivity index (χ1n) is 10.2. The third kappa shape index (κ3) is 4.35. The molecule has 170 valence electrons. The van der Waals surface area contributed by atoms with Crippen molar-refractivity contribution in [3.8, 4) is 5.75 Å². The zero-order valence-corrected chi connectivity index (χ0v) is 18.1. The van der Waals surface area contributed by atoms with Gasteiger partial charge in [-0.1, -0.05) is 0 Å². The van der Waals surface area contributed by atoms with Crippen LogP contribution in [0.3, 0.4) is 0 Å². The second-order valence-corrected chi connectivity index (χ2v) is 7.40. The number of ether oxygens (including phenoxy) is 3. The number of fused-ring (bicyclic) bond motifs is 2. The van der Waals surface area contributed by atoms with Gasteiger partial charge in [0.05, 0.1) is 23.8 Å². The van der Waals surface area contributed by atoms with Gasteiger partial charge in [-0.3, -0.25) is 14.5 Å². The molecule has 1 aliphatic heterocycles. The minimum Gasteiger partial charge on any atom is -0.497 e. The number of methoxy groups -OCH3 is 2. The molecule has 2 aromatic carbocycles. The summed E-state index contributed by atoms with van der Waals surface area (Å²) in [6, 6.07) is 10.5. The number of nitrogens with zero attached hydrogens (tertiary/aromatic N) is 1. The summed E-state index contributed by atoms with van der Waals surface area (Å²) < 4.78 is 20.7. The molecule has 3 aromatic rings. The maximum absolute atomic E-state index is 12.6. The van der Waals surface area contributed by atoms with Crippen molar-refractivity contribution >= 4 is 28.8 Å². The summed E-state index contributed by atoms with van der Waals surface area (Å²) in [7, 11) is 3.04. The Bertz CT molecular complexity index is 1310. The molecule has 1 aromatic heterocycles. The van der Waals surface area contributed by atoms with Gasteiger partial charge in [-0.05, 0) is 36.8 Å². The summed E-state index contributed by atoms with van der Waals surface area (Å²) in [5, 5.41) is 0.602. The van der Waals surface area contributed by atoms with Crippen molar-refractivity contribution in [2.24, 2.45) is 0 Å². The zero-order chi connectivity index (χ0) is 23.5. The van der Waals surface area contributed by atoms with Crippen LogP contribution in [0, 0.1) is 0 Å². The van der Waals surface area contributed by atoms with Gasteiger partial charge in [-0.15, -0.1) is 0 Å². The van der Waals surface area contributed by atoms with E-state index in [4.69, 9.17) is 18.6 Å². The van der Waals surface area contributed by atoms with Gasteiger partial charge in [-0.25, -0.2) is 9.59 Å². The molecule has 0 spiro atoms. The van der Waals surface area contributed by atoms with Gasteiger partial charge in [0, 0.05) is 43.3 Å². The minimum atomic E-state index is -0.689. The number of hydrogen-bond acceptors (Lipinski definition) is 8. The molecule has 9 heteroatoms. The largest absolute Gasteiger partial charge is 0.497 e. The van der Waals surface area contributed by atoms with Crippen molar-refractivity contribution in [2.75, 3.05) is 27.4 Å². The summed E-state index contributed by atoms with van der Waals surface area (Å²) in [6.45, 7) is 0.471. The lowest BCUT2D eigenvalue weighted by atomic mass is 10.1. The predicted octanol–water partition coefficient (Wildman–Crippen LogP) is 2.79. The second-order valence-electron chi connectivity index (χ2n) is 7.40. The van der Waals surface area contributed by atoms with E-state index in [1.165, 1.54) is 31.4 Å². The number of hydrogen-bond donors (Lipinski definition) is 0. The van der Waals surface area contributed by atoms with Crippen LogP contribution in [0.2, 0.25) is 0 Å². The number of carbonyl (C=O) groups excluding carboxylic acids is 3. The number of imide groups is 1. The number of benzene rings is 2. The molecule has 0 unspecified atom stereocenters. The molecule has 0 N–H and O–H groups in total. The molecule has 0 radical (unpaired) electrons. The molecule has 0 saturated carbocycles. The molecule has 1 aliphatic rings. The average molecular weight is 451 g/mol. The van der Waals surface area contributed by atoms with E-state index < -0.39 is 23.4 Å². The second kappa shape index (κ2) is 9.25. The first-order valence-corrected chi connectivity index (χ1v) is 10.2. The van der Waals surface area contributed by atoms with Crippen LogP contribution in [0.15, 0.2) is 51.7 Å². The summed E-state index contributed by atoms with van der Waals surface area (Å²) in [4.78, 5) is 50.8. The highest BCUT2D eigenvalue weighted by molar-refractivity contribution is 6.21. The third-order valence-corrected chi connectivity index (χ3v) is 5.33. The monoisotopic (exact) mass is 451 g/mol. The summed E-state index contributed by atoms with van der Waals surface area (Å²) in [6.07, 6.45) is 0.516. The fourth-order valence-corrected chi connectivity index (χ4v) is 3.67. The van der Waals surface area contributed by atoms with Gasteiger partial charge < -0.3 is 18.6 Å². The van der Waals surface area contributed by atoms with Crippen molar-refractivity contribution in [1.29, 1.82) is 0 Å². The lowest BCUT2D eigenvalue weighted by molar-refractivity contribution is 0.0473. The van der Waals surface area contributed by atoms with Gasteiger partial charge in [0.25, 0.3) is 11.8 Å². The maximum Gasteiger partial charge on any atom is 0.338 e. The Balaban J connectivity index is 1.52. The van der Waals surface area contributed by atoms with Crippen molar-refractivity contribution in [2.45, 2.75) is 13.0 Å². The number of esters is 1. The van der Waals surface area contributed by atoms with Crippen LogP contribution < -0.4 is 10.4 Å². The van der Waals surface area contributed by atoms with Crippen LogP contribution in [0.25, 0.3) is 11.0 Å². The Labute approximate surface area is 188 Å². The van der Waals surface area contributed by atoms with E-state index in [9.17, 15) is 19.2 Å². The van der Waals surface area contributed by atoms with E-state index in [1.54, 1.807) is 25.3 Å². The first-order chi connectivity index (χ1) is 15.9. The summed E-state index contributed by atoms with van der Waals surface area (Å²) in [5.41, 5.74) is 0.719. The van der Waals surface area contributed by atoms with E-state index in [0.717, 1.165) is 4.90 Å². The Morgan fingerprint density at radius 3 is 2.52 bits per heavy atom. The molecule has 2 amide bonds. The van der Waals surface area contributed by atoms with Gasteiger partial charge in [0.1, 0.15) is 17.9 Å². The third-order valence-electron chi connectivity index (χ3n) is 5.33. The van der Waals surface area contributed by atoms with Crippen molar-refractivity contribution in [3.05, 3.63) is 75.1 Å². The first kappa shape index (κ1) is 22.2. The molecule has 0 atom stereocenters. The van der Waals surface area contributed by atoms with E-state index in [0.29, 0.717) is 35.3 Å². The topological polar surface area (TPSA) is 112 Å². The molecule has 33 heavy (non-hydrogen) atoms. The SMILES string of the molecule is COCCCN1C(=O)c2ccc(C(=O)OCc3cc(=O)oc4cc(OC)ccc34)cc2C1=O. The fourth-order valence-electron chi connectivity index (χ4n) is 3.67. The lowest BCUT2D eigenvalue weighted by Gasteiger charge is -2.12. The van der Waals surface area contributed by atoms with Crippen molar-refractivity contribution < 1.29 is 33.0 Å². The van der Waals surface area contributed by atoms with Crippen LogP contribution >= 0.6 is 0 Å². The zero-order valence-electron chi connectivity index (χ0n) is 18.1. The Kier molecular flexibility index (Phi) is 6.23. The summed E-state index contributed by atoms with van der Waals surface area (Å²) >= 11 is 0. The lowest BCUT2D eigenvalue weighted by Crippen LogP contribution is -2.31. The average Bonchev–Trinajstić information content (AvgIpc) is 3.06. The van der Waals surface area contributed by atoms with Gasteiger partial charge in [-0.2, -0.15) is 0 Å². The minimum absolute atomic E-state index is 0.127. The van der Waals surface area contributed by atoms with Crippen molar-refractivity contribution in [1.82, 2.24) is 4.90 Å². The Morgan fingerprint density at radius 1 is 0.970 bits per heavy atom. The predicted molar refractivity (Wildman–Crippen MR) is 116 cm³/mol. The van der Waals surface area contributed by atoms with E-state index in [2.05, 4.69) is 0 Å². The number of rotatable bonds is 8. The Hall–Kier alpha value is -3.98. The highest BCUT2D eigenvalue weighted by Gasteiger charge is 2.35.